The Kier molecular flexibility index (Phi) is 7.42. The first kappa shape index (κ1) is 16.5. The first-order valence-corrected chi connectivity index (χ1v) is 7.44. The molecule has 0 aliphatic rings. The van der Waals surface area contributed by atoms with Crippen LogP contribution >= 0.6 is 15.9 Å². The molecule has 0 bridgehead atoms. The Labute approximate surface area is 124 Å². The SMILES string of the molecule is COCC(CNCC(C)C)Oc1cc(Br)ccc1C. The first-order valence-electron chi connectivity index (χ1n) is 6.65. The number of ether oxygens (including phenoxy) is 2. The van der Waals surface area contributed by atoms with E-state index in [1.165, 1.54) is 0 Å². The molecule has 0 aromatic heterocycles. The molecule has 108 valence electrons. The normalized spacial score (nSPS) is 12.7. The minimum Gasteiger partial charge on any atom is -0.486 e. The molecule has 3 nitrogen and oxygen atoms in total. The molecule has 1 aromatic rings. The highest BCUT2D eigenvalue weighted by molar-refractivity contribution is 9.10. The van der Waals surface area contributed by atoms with E-state index in [2.05, 4.69) is 35.1 Å². The van der Waals surface area contributed by atoms with Gasteiger partial charge < -0.3 is 14.8 Å². The standard InChI is InChI=1S/C15H24BrNO2/c1-11(2)8-17-9-14(10-18-4)19-15-7-13(16)6-5-12(15)3/h5-7,11,14,17H,8-10H2,1-4H3. The van der Waals surface area contributed by atoms with Gasteiger partial charge in [-0.2, -0.15) is 0 Å². The van der Waals surface area contributed by atoms with Crippen molar-refractivity contribution in [1.82, 2.24) is 5.32 Å². The molecule has 1 unspecified atom stereocenters. The second-order valence-corrected chi connectivity index (χ2v) is 6.07. The highest BCUT2D eigenvalue weighted by atomic mass is 79.9. The van der Waals surface area contributed by atoms with Gasteiger partial charge >= 0.3 is 0 Å². The largest absolute Gasteiger partial charge is 0.486 e. The zero-order valence-electron chi connectivity index (χ0n) is 12.2. The van der Waals surface area contributed by atoms with Crippen molar-refractivity contribution in [2.45, 2.75) is 26.9 Å². The van der Waals surface area contributed by atoms with E-state index >= 15 is 0 Å². The van der Waals surface area contributed by atoms with Gasteiger partial charge in [-0.1, -0.05) is 35.8 Å². The number of hydrogen-bond donors (Lipinski definition) is 1. The lowest BCUT2D eigenvalue weighted by Crippen LogP contribution is -2.36. The second kappa shape index (κ2) is 8.56. The lowest BCUT2D eigenvalue weighted by Gasteiger charge is -2.21. The molecule has 0 amide bonds. The molecule has 0 aliphatic carbocycles. The maximum atomic E-state index is 6.03. The van der Waals surface area contributed by atoms with Crippen LogP contribution in [0.15, 0.2) is 22.7 Å². The summed E-state index contributed by atoms with van der Waals surface area (Å²) >= 11 is 3.47. The topological polar surface area (TPSA) is 30.5 Å². The Morgan fingerprint density at radius 1 is 1.26 bits per heavy atom. The number of benzene rings is 1. The molecular weight excluding hydrogens is 306 g/mol. The van der Waals surface area contributed by atoms with E-state index in [-0.39, 0.29) is 6.10 Å². The third-order valence-electron chi connectivity index (χ3n) is 2.72. The van der Waals surface area contributed by atoms with Crippen LogP contribution in [0.2, 0.25) is 0 Å². The van der Waals surface area contributed by atoms with Crippen LogP contribution in [0.25, 0.3) is 0 Å². The van der Waals surface area contributed by atoms with Crippen molar-refractivity contribution in [2.75, 3.05) is 26.8 Å². The van der Waals surface area contributed by atoms with Gasteiger partial charge in [0.1, 0.15) is 11.9 Å². The molecule has 19 heavy (non-hydrogen) atoms. The molecule has 1 atom stereocenters. The van der Waals surface area contributed by atoms with E-state index in [9.17, 15) is 0 Å². The van der Waals surface area contributed by atoms with Gasteiger partial charge in [-0.05, 0) is 37.1 Å². The lowest BCUT2D eigenvalue weighted by molar-refractivity contribution is 0.0797. The summed E-state index contributed by atoms with van der Waals surface area (Å²) in [6, 6.07) is 6.07. The van der Waals surface area contributed by atoms with Crippen molar-refractivity contribution in [1.29, 1.82) is 0 Å². The Balaban J connectivity index is 2.58. The lowest BCUT2D eigenvalue weighted by atomic mass is 10.2. The highest BCUT2D eigenvalue weighted by Crippen LogP contribution is 2.23. The van der Waals surface area contributed by atoms with Crippen molar-refractivity contribution in [2.24, 2.45) is 5.92 Å². The predicted octanol–water partition coefficient (Wildman–Crippen LogP) is 3.40. The van der Waals surface area contributed by atoms with Gasteiger partial charge in [-0.15, -0.1) is 0 Å². The summed E-state index contributed by atoms with van der Waals surface area (Å²) < 4.78 is 12.3. The quantitative estimate of drug-likeness (QED) is 0.792. The number of halogens is 1. The fourth-order valence-electron chi connectivity index (χ4n) is 1.73. The summed E-state index contributed by atoms with van der Waals surface area (Å²) in [6.07, 6.45) is 0.0248. The summed E-state index contributed by atoms with van der Waals surface area (Å²) in [5.41, 5.74) is 1.13. The monoisotopic (exact) mass is 329 g/mol. The van der Waals surface area contributed by atoms with Crippen LogP contribution in [-0.2, 0) is 4.74 Å². The minimum atomic E-state index is 0.0248. The van der Waals surface area contributed by atoms with Gasteiger partial charge in [-0.3, -0.25) is 0 Å². The molecule has 0 saturated heterocycles. The number of aryl methyl sites for hydroxylation is 1. The molecule has 0 spiro atoms. The third-order valence-corrected chi connectivity index (χ3v) is 3.21. The van der Waals surface area contributed by atoms with Crippen molar-refractivity contribution < 1.29 is 9.47 Å². The van der Waals surface area contributed by atoms with E-state index in [1.54, 1.807) is 7.11 Å². The summed E-state index contributed by atoms with van der Waals surface area (Å²) in [7, 11) is 1.70. The molecule has 0 saturated carbocycles. The molecule has 1 rings (SSSR count). The molecule has 4 heteroatoms. The summed E-state index contributed by atoms with van der Waals surface area (Å²) in [5, 5.41) is 3.41. The van der Waals surface area contributed by atoms with Gasteiger partial charge in [0.15, 0.2) is 0 Å². The Morgan fingerprint density at radius 2 is 2.00 bits per heavy atom. The Hall–Kier alpha value is -0.580. The number of rotatable bonds is 8. The zero-order valence-corrected chi connectivity index (χ0v) is 13.8. The van der Waals surface area contributed by atoms with Crippen LogP contribution in [0.5, 0.6) is 5.75 Å². The smallest absolute Gasteiger partial charge is 0.134 e. The molecule has 1 aromatic carbocycles. The van der Waals surface area contributed by atoms with Gasteiger partial charge in [0.25, 0.3) is 0 Å². The van der Waals surface area contributed by atoms with Crippen molar-refractivity contribution >= 4 is 15.9 Å². The summed E-state index contributed by atoms with van der Waals surface area (Å²) in [6.45, 7) is 8.79. The van der Waals surface area contributed by atoms with E-state index in [0.717, 1.165) is 28.9 Å². The number of hydrogen-bond acceptors (Lipinski definition) is 3. The fraction of sp³-hybridized carbons (Fsp3) is 0.600. The van der Waals surface area contributed by atoms with Crippen molar-refractivity contribution in [3.8, 4) is 5.75 Å². The molecule has 0 heterocycles. The molecule has 1 N–H and O–H groups in total. The average Bonchev–Trinajstić information content (AvgIpc) is 2.33. The Morgan fingerprint density at radius 3 is 2.63 bits per heavy atom. The fourth-order valence-corrected chi connectivity index (χ4v) is 2.07. The predicted molar refractivity (Wildman–Crippen MR) is 82.9 cm³/mol. The highest BCUT2D eigenvalue weighted by Gasteiger charge is 2.12. The van der Waals surface area contributed by atoms with Crippen LogP contribution in [0.3, 0.4) is 0 Å². The molecule has 0 radical (unpaired) electrons. The number of nitrogens with one attached hydrogen (secondary N) is 1. The van der Waals surface area contributed by atoms with Gasteiger partial charge in [-0.25, -0.2) is 0 Å². The summed E-state index contributed by atoms with van der Waals surface area (Å²) in [5.74, 6) is 1.54. The first-order chi connectivity index (χ1) is 9.02. The summed E-state index contributed by atoms with van der Waals surface area (Å²) in [4.78, 5) is 0. The second-order valence-electron chi connectivity index (χ2n) is 5.16. The van der Waals surface area contributed by atoms with Crippen LogP contribution in [-0.4, -0.2) is 32.9 Å². The van der Waals surface area contributed by atoms with Gasteiger partial charge in [0.05, 0.1) is 6.61 Å². The minimum absolute atomic E-state index is 0.0248. The van der Waals surface area contributed by atoms with Crippen LogP contribution in [0.4, 0.5) is 0 Å². The van der Waals surface area contributed by atoms with Crippen molar-refractivity contribution in [3.63, 3.8) is 0 Å². The molecular formula is C15H24BrNO2. The van der Waals surface area contributed by atoms with Crippen molar-refractivity contribution in [3.05, 3.63) is 28.2 Å². The van der Waals surface area contributed by atoms with Crippen LogP contribution in [0.1, 0.15) is 19.4 Å². The van der Waals surface area contributed by atoms with E-state index in [4.69, 9.17) is 9.47 Å². The van der Waals surface area contributed by atoms with Crippen LogP contribution in [0, 0.1) is 12.8 Å². The van der Waals surface area contributed by atoms with E-state index < -0.39 is 0 Å². The van der Waals surface area contributed by atoms with E-state index in [0.29, 0.717) is 12.5 Å². The molecule has 0 fully saturated rings. The van der Waals surface area contributed by atoms with E-state index in [1.807, 2.05) is 25.1 Å². The maximum absolute atomic E-state index is 6.03. The van der Waals surface area contributed by atoms with Crippen LogP contribution < -0.4 is 10.1 Å². The number of methoxy groups -OCH3 is 1. The van der Waals surface area contributed by atoms with Gasteiger partial charge in [0, 0.05) is 18.1 Å². The Bertz CT molecular complexity index is 382. The molecule has 0 aliphatic heterocycles. The zero-order chi connectivity index (χ0) is 14.3. The third kappa shape index (κ3) is 6.41. The van der Waals surface area contributed by atoms with Gasteiger partial charge in [0.2, 0.25) is 0 Å². The average molecular weight is 330 g/mol. The maximum Gasteiger partial charge on any atom is 0.134 e.